The minimum Gasteiger partial charge on any atom is -0.477 e. The Balaban J connectivity index is 2.47. The van der Waals surface area contributed by atoms with Crippen LogP contribution in [0, 0.1) is 0 Å². The zero-order valence-corrected chi connectivity index (χ0v) is 9.04. The van der Waals surface area contributed by atoms with Crippen LogP contribution in [0.3, 0.4) is 0 Å². The van der Waals surface area contributed by atoms with Crippen molar-refractivity contribution < 1.29 is 15.0 Å². The van der Waals surface area contributed by atoms with E-state index in [2.05, 4.69) is 4.98 Å². The molecule has 0 saturated heterocycles. The Hall–Kier alpha value is -1.07. The van der Waals surface area contributed by atoms with E-state index in [1.54, 1.807) is 23.9 Å². The van der Waals surface area contributed by atoms with Crippen LogP contribution >= 0.6 is 11.8 Å². The number of pyridine rings is 1. The molecule has 0 unspecified atom stereocenters. The number of rotatable bonds is 6. The summed E-state index contributed by atoms with van der Waals surface area (Å²) >= 11 is 1.67. The summed E-state index contributed by atoms with van der Waals surface area (Å²) < 4.78 is 0. The smallest absolute Gasteiger partial charge is 0.354 e. The number of hydrogen-bond donors (Lipinski definition) is 2. The molecule has 1 aromatic heterocycles. The van der Waals surface area contributed by atoms with Crippen molar-refractivity contribution in [2.24, 2.45) is 0 Å². The van der Waals surface area contributed by atoms with E-state index in [-0.39, 0.29) is 12.3 Å². The quantitative estimate of drug-likeness (QED) is 0.719. The highest BCUT2D eigenvalue weighted by atomic mass is 32.2. The Bertz CT molecular complexity index is 330. The maximum Gasteiger partial charge on any atom is 0.354 e. The molecule has 0 aliphatic heterocycles. The topological polar surface area (TPSA) is 70.4 Å². The first-order valence-electron chi connectivity index (χ1n) is 4.61. The lowest BCUT2D eigenvalue weighted by Gasteiger charge is -2.01. The van der Waals surface area contributed by atoms with Gasteiger partial charge in [-0.2, -0.15) is 11.8 Å². The summed E-state index contributed by atoms with van der Waals surface area (Å²) in [5.74, 6) is 0.626. The second kappa shape index (κ2) is 6.42. The first-order valence-corrected chi connectivity index (χ1v) is 5.76. The van der Waals surface area contributed by atoms with Gasteiger partial charge in [0.25, 0.3) is 0 Å². The van der Waals surface area contributed by atoms with E-state index in [0.717, 1.165) is 23.5 Å². The van der Waals surface area contributed by atoms with Crippen molar-refractivity contribution in [3.05, 3.63) is 29.6 Å². The third-order valence-corrected chi connectivity index (χ3v) is 2.87. The number of nitrogens with zero attached hydrogens (tertiary/aromatic N) is 1. The molecule has 0 radical (unpaired) electrons. The third kappa shape index (κ3) is 4.31. The van der Waals surface area contributed by atoms with Crippen LogP contribution in [0.2, 0.25) is 0 Å². The van der Waals surface area contributed by atoms with Crippen molar-refractivity contribution in [2.45, 2.75) is 12.2 Å². The second-order valence-corrected chi connectivity index (χ2v) is 4.09. The van der Waals surface area contributed by atoms with Crippen molar-refractivity contribution in [3.63, 3.8) is 0 Å². The van der Waals surface area contributed by atoms with Gasteiger partial charge in [-0.05, 0) is 29.9 Å². The van der Waals surface area contributed by atoms with Crippen molar-refractivity contribution in [3.8, 4) is 0 Å². The van der Waals surface area contributed by atoms with Gasteiger partial charge >= 0.3 is 5.97 Å². The average Bonchev–Trinajstić information content (AvgIpc) is 2.25. The molecule has 0 amide bonds. The predicted octanol–water partition coefficient (Wildman–Crippen LogP) is 1.40. The van der Waals surface area contributed by atoms with Gasteiger partial charge in [-0.1, -0.05) is 0 Å². The lowest BCUT2D eigenvalue weighted by Crippen LogP contribution is -2.00. The molecule has 4 nitrogen and oxygen atoms in total. The molecule has 0 saturated carbocycles. The maximum absolute atomic E-state index is 10.6. The molecule has 0 aliphatic rings. The van der Waals surface area contributed by atoms with Crippen LogP contribution in [-0.4, -0.2) is 33.5 Å². The molecule has 0 atom stereocenters. The van der Waals surface area contributed by atoms with E-state index in [1.165, 1.54) is 6.20 Å². The number of aromatic nitrogens is 1. The highest BCUT2D eigenvalue weighted by Crippen LogP contribution is 2.13. The van der Waals surface area contributed by atoms with Gasteiger partial charge in [-0.25, -0.2) is 9.78 Å². The number of aromatic carboxylic acids is 1. The first-order chi connectivity index (χ1) is 7.24. The van der Waals surface area contributed by atoms with E-state index < -0.39 is 5.97 Å². The molecule has 1 rings (SSSR count). The van der Waals surface area contributed by atoms with Gasteiger partial charge in [0, 0.05) is 18.6 Å². The van der Waals surface area contributed by atoms with Crippen LogP contribution in [0.5, 0.6) is 0 Å². The molecule has 0 aliphatic carbocycles. The molecular formula is C10H13NO3S. The van der Waals surface area contributed by atoms with E-state index >= 15 is 0 Å². The van der Waals surface area contributed by atoms with Crippen molar-refractivity contribution in [1.29, 1.82) is 0 Å². The number of carboxylic acid groups (broad SMARTS) is 1. The number of aliphatic hydroxyl groups excluding tert-OH is 1. The summed E-state index contributed by atoms with van der Waals surface area (Å²) in [6, 6.07) is 3.38. The first kappa shape index (κ1) is 12.0. The summed E-state index contributed by atoms with van der Waals surface area (Å²) in [6.45, 7) is 0.198. The molecule has 1 aromatic rings. The van der Waals surface area contributed by atoms with E-state index in [1.807, 2.05) is 0 Å². The van der Waals surface area contributed by atoms with Gasteiger partial charge in [0.05, 0.1) is 0 Å². The Morgan fingerprint density at radius 2 is 2.33 bits per heavy atom. The normalized spacial score (nSPS) is 10.2. The lowest BCUT2D eigenvalue weighted by molar-refractivity contribution is 0.0690. The van der Waals surface area contributed by atoms with Gasteiger partial charge in [0.15, 0.2) is 0 Å². The van der Waals surface area contributed by atoms with Gasteiger partial charge in [0.2, 0.25) is 0 Å². The fourth-order valence-corrected chi connectivity index (χ4v) is 1.93. The monoisotopic (exact) mass is 227 g/mol. The van der Waals surface area contributed by atoms with Gasteiger partial charge in [-0.3, -0.25) is 0 Å². The van der Waals surface area contributed by atoms with Crippen LogP contribution in [0.25, 0.3) is 0 Å². The van der Waals surface area contributed by atoms with Crippen LogP contribution in [-0.2, 0) is 5.75 Å². The Kier molecular flexibility index (Phi) is 5.14. The van der Waals surface area contributed by atoms with E-state index in [9.17, 15) is 4.79 Å². The second-order valence-electron chi connectivity index (χ2n) is 2.98. The Labute approximate surface area is 92.3 Å². The average molecular weight is 227 g/mol. The molecule has 5 heteroatoms. The maximum atomic E-state index is 10.6. The molecule has 0 aromatic carbocycles. The number of carboxylic acids is 1. The molecule has 0 spiro atoms. The molecule has 15 heavy (non-hydrogen) atoms. The van der Waals surface area contributed by atoms with Crippen LogP contribution in [0.15, 0.2) is 18.3 Å². The summed E-state index contributed by atoms with van der Waals surface area (Å²) in [5, 5.41) is 17.3. The summed E-state index contributed by atoms with van der Waals surface area (Å²) in [7, 11) is 0. The minimum atomic E-state index is -1.00. The van der Waals surface area contributed by atoms with Crippen molar-refractivity contribution in [1.82, 2.24) is 4.98 Å². The largest absolute Gasteiger partial charge is 0.477 e. The summed E-state index contributed by atoms with van der Waals surface area (Å²) in [5.41, 5.74) is 1.03. The van der Waals surface area contributed by atoms with Gasteiger partial charge in [0.1, 0.15) is 5.69 Å². The number of carbonyl (C=O) groups is 1. The third-order valence-electron chi connectivity index (χ3n) is 1.76. The van der Waals surface area contributed by atoms with Crippen LogP contribution in [0.4, 0.5) is 0 Å². The van der Waals surface area contributed by atoms with E-state index in [0.29, 0.717) is 0 Å². The summed E-state index contributed by atoms with van der Waals surface area (Å²) in [6.07, 6.45) is 2.27. The standard InChI is InChI=1S/C10H13NO3S/c12-4-1-5-15-7-8-2-3-11-9(6-8)10(13)14/h2-3,6,12H,1,4-5,7H2,(H,13,14). The zero-order valence-electron chi connectivity index (χ0n) is 8.22. The highest BCUT2D eigenvalue weighted by molar-refractivity contribution is 7.98. The Morgan fingerprint density at radius 1 is 1.53 bits per heavy atom. The highest BCUT2D eigenvalue weighted by Gasteiger charge is 2.04. The Morgan fingerprint density at radius 3 is 3.00 bits per heavy atom. The van der Waals surface area contributed by atoms with Crippen LogP contribution < -0.4 is 0 Å². The molecule has 82 valence electrons. The SMILES string of the molecule is O=C(O)c1cc(CSCCCO)ccn1. The number of aliphatic hydroxyl groups is 1. The zero-order chi connectivity index (χ0) is 11.1. The number of thioether (sulfide) groups is 1. The van der Waals surface area contributed by atoms with Gasteiger partial charge < -0.3 is 10.2 Å². The summed E-state index contributed by atoms with van der Waals surface area (Å²) in [4.78, 5) is 14.4. The van der Waals surface area contributed by atoms with E-state index in [4.69, 9.17) is 10.2 Å². The number of hydrogen-bond acceptors (Lipinski definition) is 4. The molecule has 0 fully saturated rings. The minimum absolute atomic E-state index is 0.0789. The predicted molar refractivity (Wildman–Crippen MR) is 59.1 cm³/mol. The molecular weight excluding hydrogens is 214 g/mol. The fourth-order valence-electron chi connectivity index (χ4n) is 1.04. The molecule has 0 bridgehead atoms. The van der Waals surface area contributed by atoms with Crippen molar-refractivity contribution >= 4 is 17.7 Å². The molecule has 2 N–H and O–H groups in total. The van der Waals surface area contributed by atoms with Gasteiger partial charge in [-0.15, -0.1) is 0 Å². The van der Waals surface area contributed by atoms with Crippen molar-refractivity contribution in [2.75, 3.05) is 12.4 Å². The lowest BCUT2D eigenvalue weighted by atomic mass is 10.2. The molecule has 1 heterocycles. The van der Waals surface area contributed by atoms with Crippen LogP contribution in [0.1, 0.15) is 22.5 Å². The fraction of sp³-hybridized carbons (Fsp3) is 0.400.